The van der Waals surface area contributed by atoms with Gasteiger partial charge >= 0.3 is 5.97 Å². The van der Waals surface area contributed by atoms with E-state index in [2.05, 4.69) is 47.5 Å². The van der Waals surface area contributed by atoms with Crippen molar-refractivity contribution in [1.29, 1.82) is 0 Å². The number of para-hydroxylation sites is 1. The number of aliphatic hydroxyl groups is 1. The van der Waals surface area contributed by atoms with Crippen molar-refractivity contribution in [3.05, 3.63) is 132 Å². The van der Waals surface area contributed by atoms with E-state index in [9.17, 15) is 73.2 Å². The molecule has 5 aromatic rings. The molecule has 0 bridgehead atoms. The molecule has 8 atom stereocenters. The number of fused-ring (bicyclic) bond motifs is 2. The predicted octanol–water partition coefficient (Wildman–Crippen LogP) is -0.130. The molecule has 0 unspecified atom stereocenters. The minimum absolute atomic E-state index is 0.00773. The van der Waals surface area contributed by atoms with Crippen molar-refractivity contribution in [2.24, 2.45) is 0 Å². The number of aliphatic hydroxyl groups excluding tert-OH is 1. The topological polar surface area (TPSA) is 387 Å². The zero-order valence-electron chi connectivity index (χ0n) is 48.8. The van der Waals surface area contributed by atoms with Crippen molar-refractivity contribution in [2.75, 3.05) is 33.3 Å². The number of carbonyl (C=O) groups excluding carboxylic acids is 10. The lowest BCUT2D eigenvalue weighted by atomic mass is 10.00. The van der Waals surface area contributed by atoms with Crippen LogP contribution in [0.1, 0.15) is 74.1 Å². The maximum atomic E-state index is 14.9. The summed E-state index contributed by atoms with van der Waals surface area (Å²) in [6.07, 6.45) is 1.95. The summed E-state index contributed by atoms with van der Waals surface area (Å²) in [6, 6.07) is 15.1. The largest absolute Gasteiger partial charge is 0.508 e. The van der Waals surface area contributed by atoms with E-state index in [1.54, 1.807) is 54.7 Å². The van der Waals surface area contributed by atoms with Crippen molar-refractivity contribution >= 4 is 75.9 Å². The van der Waals surface area contributed by atoms with Crippen molar-refractivity contribution in [1.82, 2.24) is 57.3 Å². The number of carboxylic acids is 1. The van der Waals surface area contributed by atoms with Crippen LogP contribution < -0.4 is 42.5 Å². The minimum atomic E-state index is -1.83. The first kappa shape index (κ1) is 65.7. The number of aromatic hydroxyl groups is 2. The second-order valence-electron chi connectivity index (χ2n) is 21.8. The van der Waals surface area contributed by atoms with E-state index in [1.807, 2.05) is 13.0 Å². The Bertz CT molecular complexity index is 3310. The first-order valence-corrected chi connectivity index (χ1v) is 29.1. The third-order valence-corrected chi connectivity index (χ3v) is 15.4. The summed E-state index contributed by atoms with van der Waals surface area (Å²) in [7, 11) is 1.30. The number of carboxylic acid groups (broad SMARTS) is 1. The van der Waals surface area contributed by atoms with Crippen LogP contribution in [0.5, 0.6) is 11.5 Å². The van der Waals surface area contributed by atoms with E-state index in [0.717, 1.165) is 9.80 Å². The molecule has 0 spiro atoms. The Morgan fingerprint density at radius 1 is 0.557 bits per heavy atom. The maximum Gasteiger partial charge on any atom is 0.305 e. The van der Waals surface area contributed by atoms with Crippen LogP contribution in [0.3, 0.4) is 0 Å². The van der Waals surface area contributed by atoms with Gasteiger partial charge in [-0.15, -0.1) is 0 Å². The van der Waals surface area contributed by atoms with Gasteiger partial charge in [0.2, 0.25) is 59.1 Å². The second kappa shape index (κ2) is 31.5. The number of phenols is 2. The number of amides is 10. The van der Waals surface area contributed by atoms with Crippen LogP contribution in [0.2, 0.25) is 0 Å². The number of unbranched alkanes of at least 4 members (excludes halogenated alkanes) is 2. The molecule has 7 rings (SSSR count). The molecule has 1 aromatic heterocycles. The van der Waals surface area contributed by atoms with Crippen LogP contribution in [0, 0.1) is 0 Å². The van der Waals surface area contributed by atoms with Crippen LogP contribution >= 0.6 is 0 Å². The van der Waals surface area contributed by atoms with Crippen molar-refractivity contribution in [3.63, 3.8) is 0 Å². The number of carbonyl (C=O) groups is 11. The number of nitrogens with zero attached hydrogens (tertiary/aromatic N) is 2. The van der Waals surface area contributed by atoms with Gasteiger partial charge in [-0.25, -0.2) is 0 Å². The third kappa shape index (κ3) is 18.3. The number of aromatic nitrogens is 1. The Morgan fingerprint density at radius 2 is 1.09 bits per heavy atom. The predicted molar refractivity (Wildman–Crippen MR) is 318 cm³/mol. The first-order chi connectivity index (χ1) is 42.2. The summed E-state index contributed by atoms with van der Waals surface area (Å²) >= 11 is 0. The van der Waals surface area contributed by atoms with Crippen LogP contribution in [0.25, 0.3) is 10.9 Å². The molecular formula is C62H75N11O15. The van der Waals surface area contributed by atoms with Gasteiger partial charge in [-0.1, -0.05) is 99.0 Å². The fourth-order valence-electron chi connectivity index (χ4n) is 10.5. The molecule has 26 nitrogen and oxygen atoms in total. The summed E-state index contributed by atoms with van der Waals surface area (Å²) in [5, 5.41) is 61.9. The van der Waals surface area contributed by atoms with Crippen LogP contribution in [-0.4, -0.2) is 182 Å². The van der Waals surface area contributed by atoms with E-state index >= 15 is 0 Å². The Hall–Kier alpha value is -9.85. The second-order valence-corrected chi connectivity index (χ2v) is 21.8. The quantitative estimate of drug-likeness (QED) is 0.0608. The zero-order chi connectivity index (χ0) is 63.4. The van der Waals surface area contributed by atoms with Gasteiger partial charge in [-0.2, -0.15) is 0 Å². The van der Waals surface area contributed by atoms with Gasteiger partial charge in [-0.05, 0) is 71.8 Å². The Balaban J connectivity index is 1.26. The number of likely N-dealkylation sites (N-methyl/N-ethyl adjacent to an activating group) is 1. The number of aromatic amines is 1. The molecule has 2 saturated heterocycles. The average Bonchev–Trinajstić information content (AvgIpc) is 4.01. The van der Waals surface area contributed by atoms with Crippen molar-refractivity contribution < 1.29 is 73.2 Å². The summed E-state index contributed by atoms with van der Waals surface area (Å²) in [5.41, 5.74) is 2.75. The molecule has 13 N–H and O–H groups in total. The molecule has 26 heteroatoms. The molecule has 88 heavy (non-hydrogen) atoms. The van der Waals surface area contributed by atoms with Gasteiger partial charge in [0.05, 0.1) is 26.1 Å². The van der Waals surface area contributed by atoms with E-state index in [1.165, 1.54) is 55.6 Å². The van der Waals surface area contributed by atoms with Crippen molar-refractivity contribution in [3.8, 4) is 11.5 Å². The molecule has 3 heterocycles. The highest BCUT2D eigenvalue weighted by atomic mass is 16.4. The van der Waals surface area contributed by atoms with E-state index < -0.39 is 139 Å². The summed E-state index contributed by atoms with van der Waals surface area (Å²) < 4.78 is 0. The molecule has 0 saturated carbocycles. The summed E-state index contributed by atoms with van der Waals surface area (Å²) in [4.78, 5) is 161. The number of aliphatic carboxylic acids is 1. The first-order valence-electron chi connectivity index (χ1n) is 29.1. The molecule has 10 amide bonds. The number of H-pyrrole nitrogens is 1. The number of benzene rings is 4. The van der Waals surface area contributed by atoms with Crippen LogP contribution in [-0.2, 0) is 78.4 Å². The van der Waals surface area contributed by atoms with Gasteiger partial charge < -0.3 is 77.7 Å². The van der Waals surface area contributed by atoms with Gasteiger partial charge in [-0.3, -0.25) is 52.7 Å². The molecule has 2 aliphatic rings. The fraction of sp³-hybridized carbons (Fsp3) is 0.403. The number of nitrogens with one attached hydrogen (secondary N) is 9. The average molecular weight is 1210 g/mol. The lowest BCUT2D eigenvalue weighted by Gasteiger charge is -2.31. The normalized spacial score (nSPS) is 22.9. The highest BCUT2D eigenvalue weighted by molar-refractivity contribution is 6.00. The number of phenolic OH excluding ortho intramolecular Hbond substituents is 2. The number of hydrogen-bond donors (Lipinski definition) is 13. The molecule has 2 aliphatic heterocycles. The lowest BCUT2D eigenvalue weighted by molar-refractivity contribution is -0.146. The summed E-state index contributed by atoms with van der Waals surface area (Å²) in [5.74, 6) is -10.9. The third-order valence-electron chi connectivity index (χ3n) is 15.4. The Kier molecular flexibility index (Phi) is 23.5. The summed E-state index contributed by atoms with van der Waals surface area (Å²) in [6.45, 7) is -0.732. The van der Waals surface area contributed by atoms with Gasteiger partial charge in [0.15, 0.2) is 0 Å². The molecule has 4 aromatic carbocycles. The zero-order valence-corrected chi connectivity index (χ0v) is 48.8. The standard InChI is InChI=1S/C62H75N11O15/c1-3-4-6-16-44-57(83)68-47(30-39-32-63-43-15-10-9-14-42(39)43)55(81)64-33-52(77)66-45(27-37-18-22-40(75)23-19-37)58(84)70-48(31-54(79)80)62(88)73-26-11-17-50(73)60(86)71-49(35-74)56(82)65-34-53(78)72(2)51(29-36-12-7-5-8-13-36)61(87)69-46(59(85)67-44)28-38-20-24-41(76)25-21-38/h5,7-10,12-15,18-25,32,44-51,63,74-76H,3-4,6,11,16-17,26-31,33-35H2,1-2H3,(H,64,81)(H,65,82)(H,66,77)(H,67,85)(H,68,83)(H,69,87)(H,70,84)(H,71,86)(H,79,80)/t44-,45-,46-,47-,48-,49-,50+,51-/m0/s1. The molecular weight excluding hydrogens is 1140 g/mol. The van der Waals surface area contributed by atoms with Crippen LogP contribution in [0.4, 0.5) is 0 Å². The number of rotatable bonds is 15. The molecule has 0 aliphatic carbocycles. The highest BCUT2D eigenvalue weighted by Crippen LogP contribution is 2.23. The Morgan fingerprint density at radius 3 is 1.73 bits per heavy atom. The molecule has 468 valence electrons. The van der Waals surface area contributed by atoms with E-state index in [0.29, 0.717) is 52.4 Å². The lowest BCUT2D eigenvalue weighted by Crippen LogP contribution is -2.60. The highest BCUT2D eigenvalue weighted by Gasteiger charge is 2.41. The van der Waals surface area contributed by atoms with Crippen LogP contribution in [0.15, 0.2) is 109 Å². The maximum absolute atomic E-state index is 14.9. The van der Waals surface area contributed by atoms with Gasteiger partial charge in [0, 0.05) is 56.4 Å². The monoisotopic (exact) mass is 1210 g/mol. The molecule has 2 fully saturated rings. The van der Waals surface area contributed by atoms with Crippen molar-refractivity contribution in [2.45, 2.75) is 126 Å². The fourth-order valence-corrected chi connectivity index (χ4v) is 10.5. The van der Waals surface area contributed by atoms with E-state index in [-0.39, 0.29) is 63.0 Å². The smallest absolute Gasteiger partial charge is 0.305 e. The minimum Gasteiger partial charge on any atom is -0.508 e. The SMILES string of the molecule is CCCCC[C@@H]1NC(=O)[C@H](Cc2ccc(O)cc2)NC(=O)[C@H](Cc2ccccc2)N(C)C(=O)CNC(=O)[C@H](CO)NC(=O)[C@H]2CCCN2C(=O)[C@H](CC(=O)O)NC(=O)[C@H](Cc2ccc(O)cc2)NC(=O)CNC(=O)[C@H](Cc2c[nH]c3ccccc23)NC1=O. The van der Waals surface area contributed by atoms with Gasteiger partial charge in [0.25, 0.3) is 0 Å². The number of hydrogen-bond acceptors (Lipinski definition) is 14. The molecule has 0 radical (unpaired) electrons. The Labute approximate surface area is 506 Å². The van der Waals surface area contributed by atoms with Gasteiger partial charge in [0.1, 0.15) is 59.8 Å². The van der Waals surface area contributed by atoms with E-state index in [4.69, 9.17) is 0 Å².